The van der Waals surface area contributed by atoms with Crippen molar-refractivity contribution in [2.24, 2.45) is 27.9 Å². The Balaban J connectivity index is 1.86. The Morgan fingerprint density at radius 3 is 2.00 bits per heavy atom. The summed E-state index contributed by atoms with van der Waals surface area (Å²) in [7, 11) is 0. The van der Waals surface area contributed by atoms with Gasteiger partial charge in [0.05, 0.1) is 32.7 Å². The van der Waals surface area contributed by atoms with E-state index in [9.17, 15) is 38.4 Å². The second-order valence-corrected chi connectivity index (χ2v) is 15.5. The number of hydrogen-bond acceptors (Lipinski definition) is 10. The molecule has 21 nitrogen and oxygen atoms in total. The van der Waals surface area contributed by atoms with E-state index in [0.29, 0.717) is 43.5 Å². The number of para-hydroxylation sites is 1. The fourth-order valence-corrected chi connectivity index (χ4v) is 6.72. The number of carbonyl (C=O) groups excluding carboxylic acids is 8. The van der Waals surface area contributed by atoms with Crippen LogP contribution in [0.25, 0.3) is 10.9 Å². The number of guanidine groups is 1. The molecule has 0 spiro atoms. The summed E-state index contributed by atoms with van der Waals surface area (Å²) >= 11 is 0. The second-order valence-electron chi connectivity index (χ2n) is 15.5. The van der Waals surface area contributed by atoms with Crippen LogP contribution in [0, 0.1) is 0 Å². The molecule has 0 saturated carbocycles. The number of primary amides is 1. The average Bonchev–Trinajstić information content (AvgIpc) is 3.68. The third-order valence-corrected chi connectivity index (χ3v) is 10.2. The second kappa shape index (κ2) is 27.9. The van der Waals surface area contributed by atoms with Gasteiger partial charge >= 0.3 is 0 Å². The van der Waals surface area contributed by atoms with E-state index in [4.69, 9.17) is 22.9 Å². The van der Waals surface area contributed by atoms with Gasteiger partial charge in [-0.15, -0.1) is 0 Å². The molecule has 0 bridgehead atoms. The molecule has 0 aliphatic rings. The molecule has 1 aromatic heterocycles. The lowest BCUT2D eigenvalue weighted by Crippen LogP contribution is -2.53. The van der Waals surface area contributed by atoms with Gasteiger partial charge in [0.2, 0.25) is 47.3 Å². The van der Waals surface area contributed by atoms with Gasteiger partial charge in [0.15, 0.2) is 5.96 Å². The fourth-order valence-electron chi connectivity index (χ4n) is 6.72. The van der Waals surface area contributed by atoms with Crippen molar-refractivity contribution in [1.29, 1.82) is 0 Å². The first-order valence-corrected chi connectivity index (χ1v) is 21.7. The molecule has 0 unspecified atom stereocenters. The summed E-state index contributed by atoms with van der Waals surface area (Å²) in [4.78, 5) is 118. The van der Waals surface area contributed by atoms with Crippen LogP contribution < -0.4 is 38.9 Å². The number of amides is 8. The summed E-state index contributed by atoms with van der Waals surface area (Å²) in [5.74, 6) is -4.93. The maximum Gasteiger partial charge on any atom is 0.243 e. The van der Waals surface area contributed by atoms with Gasteiger partial charge in [-0.1, -0.05) is 61.9 Å². The number of fused-ring (bicyclic) bond motifs is 1. The Kier molecular flexibility index (Phi) is 22.5. The molecule has 2 aromatic carbocycles. The first-order chi connectivity index (χ1) is 31.1. The zero-order valence-corrected chi connectivity index (χ0v) is 37.4. The van der Waals surface area contributed by atoms with Crippen molar-refractivity contribution in [2.45, 2.75) is 65.0 Å². The highest BCUT2D eigenvalue weighted by atomic mass is 16.2. The molecule has 12 N–H and O–H groups in total. The molecule has 1 heterocycles. The molecule has 3 rings (SSSR count). The number of unbranched alkanes of at least 4 members (excludes halogenated alkanes) is 2. The monoisotopic (exact) mass is 904 g/mol. The number of nitrogens with two attached hydrogens (primary N) is 4. The van der Waals surface area contributed by atoms with Gasteiger partial charge in [-0.05, 0) is 49.4 Å². The molecule has 8 amide bonds. The number of H-pyrrole nitrogens is 1. The zero-order valence-electron chi connectivity index (χ0n) is 37.4. The van der Waals surface area contributed by atoms with E-state index in [1.807, 2.05) is 31.2 Å². The normalized spacial score (nSPS) is 11.2. The number of hydrogen-bond donors (Lipinski definition) is 8. The number of aromatic amines is 1. The highest BCUT2D eigenvalue weighted by Gasteiger charge is 2.29. The summed E-state index contributed by atoms with van der Waals surface area (Å²) in [5, 5.41) is 8.52. The fraction of sp³-hybridized carbons (Fsp3) is 0.477. The molecule has 1 atom stereocenters. The number of aromatic nitrogens is 1. The molecule has 0 aliphatic heterocycles. The van der Waals surface area contributed by atoms with Gasteiger partial charge in [0.1, 0.15) is 12.6 Å². The van der Waals surface area contributed by atoms with Crippen molar-refractivity contribution in [3.8, 4) is 0 Å². The Bertz CT molecular complexity index is 2090. The predicted octanol–water partition coefficient (Wildman–Crippen LogP) is -1.35. The van der Waals surface area contributed by atoms with Crippen molar-refractivity contribution in [2.75, 3.05) is 72.0 Å². The van der Waals surface area contributed by atoms with Crippen molar-refractivity contribution >= 4 is 64.1 Å². The molecule has 354 valence electrons. The van der Waals surface area contributed by atoms with Crippen LogP contribution in [0.2, 0.25) is 0 Å². The lowest BCUT2D eigenvalue weighted by Gasteiger charge is -2.30. The summed E-state index contributed by atoms with van der Waals surface area (Å²) in [6.45, 7) is 1.61. The summed E-state index contributed by atoms with van der Waals surface area (Å²) in [6, 6.07) is 15.1. The number of aliphatic imine (C=N–C) groups is 1. The summed E-state index contributed by atoms with van der Waals surface area (Å²) in [5.41, 5.74) is 24.2. The number of benzene rings is 2. The van der Waals surface area contributed by atoms with Crippen LogP contribution >= 0.6 is 0 Å². The molecular weight excluding hydrogens is 839 g/mol. The molecule has 65 heavy (non-hydrogen) atoms. The van der Waals surface area contributed by atoms with E-state index >= 15 is 0 Å². The standard InChI is InChI=1S/C44H65N13O8/c1-3-4-19-54(31(2)58)27-38(60)51-25-40(62)56(20-11-10-17-45)29-42(64)57(26-32-13-6-5-7-14-32)30-41(63)55(21-12-18-49-44(47)48)28-39(61)53-36(43(65)52-24-37(46)59)22-33-23-50-35-16-9-8-15-34(33)35/h5-9,13-16,23,36,50H,3-4,10-12,17-22,24-30,45H2,1-2H3,(H2,46,59)(H,51,60)(H,52,65)(H,53,61)(H4,47,48,49)/t36-/m0/s1. The van der Waals surface area contributed by atoms with Crippen LogP contribution in [0.1, 0.15) is 57.1 Å². The van der Waals surface area contributed by atoms with Gasteiger partial charge in [0.25, 0.3) is 0 Å². The number of nitrogens with one attached hydrogen (secondary N) is 4. The van der Waals surface area contributed by atoms with Crippen molar-refractivity contribution in [1.82, 2.24) is 40.5 Å². The van der Waals surface area contributed by atoms with Crippen molar-refractivity contribution in [3.63, 3.8) is 0 Å². The highest BCUT2D eigenvalue weighted by molar-refractivity contribution is 5.94. The minimum absolute atomic E-state index is 0.0259. The third kappa shape index (κ3) is 19.1. The van der Waals surface area contributed by atoms with E-state index in [-0.39, 0.29) is 57.4 Å². The minimum Gasteiger partial charge on any atom is -0.370 e. The Morgan fingerprint density at radius 1 is 0.692 bits per heavy atom. The topological polar surface area (TPSA) is 318 Å². The molecular formula is C44H65N13O8. The first-order valence-electron chi connectivity index (χ1n) is 21.7. The molecule has 21 heteroatoms. The lowest BCUT2D eigenvalue weighted by atomic mass is 10.0. The smallest absolute Gasteiger partial charge is 0.243 e. The van der Waals surface area contributed by atoms with Crippen LogP contribution in [0.4, 0.5) is 0 Å². The van der Waals surface area contributed by atoms with Crippen LogP contribution in [0.5, 0.6) is 0 Å². The summed E-state index contributed by atoms with van der Waals surface area (Å²) in [6.07, 6.45) is 4.50. The van der Waals surface area contributed by atoms with E-state index < -0.39 is 80.1 Å². The quantitative estimate of drug-likeness (QED) is 0.0229. The highest BCUT2D eigenvalue weighted by Crippen LogP contribution is 2.19. The van der Waals surface area contributed by atoms with E-state index in [0.717, 1.165) is 17.3 Å². The van der Waals surface area contributed by atoms with E-state index in [1.165, 1.54) is 26.5 Å². The van der Waals surface area contributed by atoms with Gasteiger partial charge < -0.3 is 63.5 Å². The number of carbonyl (C=O) groups is 8. The number of rotatable bonds is 29. The lowest BCUT2D eigenvalue weighted by molar-refractivity contribution is -0.145. The van der Waals surface area contributed by atoms with Crippen LogP contribution in [0.15, 0.2) is 65.8 Å². The van der Waals surface area contributed by atoms with Gasteiger partial charge in [-0.2, -0.15) is 0 Å². The van der Waals surface area contributed by atoms with E-state index in [2.05, 4.69) is 25.9 Å². The Labute approximate surface area is 379 Å². The van der Waals surface area contributed by atoms with Crippen molar-refractivity contribution in [3.05, 3.63) is 71.9 Å². The Hall–Kier alpha value is -7.03. The van der Waals surface area contributed by atoms with Gasteiger partial charge in [-0.3, -0.25) is 43.3 Å². The first kappa shape index (κ1) is 52.3. The third-order valence-electron chi connectivity index (χ3n) is 10.2. The molecule has 0 fully saturated rings. The predicted molar refractivity (Wildman–Crippen MR) is 245 cm³/mol. The van der Waals surface area contributed by atoms with Gasteiger partial charge in [0, 0.05) is 63.2 Å². The van der Waals surface area contributed by atoms with Crippen molar-refractivity contribution < 1.29 is 38.4 Å². The maximum atomic E-state index is 14.3. The largest absolute Gasteiger partial charge is 0.370 e. The summed E-state index contributed by atoms with van der Waals surface area (Å²) < 4.78 is 0. The molecule has 0 saturated heterocycles. The SMILES string of the molecule is CCCCN(CC(=O)NCC(=O)N(CCCCN)CC(=O)N(CC(=O)N(CCCN=C(N)N)CC(=O)N[C@@H](Cc1c[nH]c2ccccc12)C(=O)NCC(N)=O)Cc1ccccc1)C(C)=O. The van der Waals surface area contributed by atoms with Crippen LogP contribution in [-0.4, -0.2) is 156 Å². The van der Waals surface area contributed by atoms with Crippen LogP contribution in [-0.2, 0) is 51.3 Å². The zero-order chi connectivity index (χ0) is 47.7. The molecule has 0 radical (unpaired) electrons. The number of nitrogens with zero attached hydrogens (tertiary/aromatic N) is 5. The molecule has 3 aromatic rings. The maximum absolute atomic E-state index is 14.3. The van der Waals surface area contributed by atoms with Crippen LogP contribution in [0.3, 0.4) is 0 Å². The Morgan fingerprint density at radius 2 is 1.32 bits per heavy atom. The molecule has 0 aliphatic carbocycles. The van der Waals surface area contributed by atoms with Gasteiger partial charge in [-0.25, -0.2) is 0 Å². The average molecular weight is 904 g/mol. The minimum atomic E-state index is -1.18. The van der Waals surface area contributed by atoms with E-state index in [1.54, 1.807) is 36.5 Å².